The molecule has 1 aliphatic rings. The van der Waals surface area contributed by atoms with Gasteiger partial charge in [0.1, 0.15) is 0 Å². The molecule has 0 atom stereocenters. The van der Waals surface area contributed by atoms with Crippen LogP contribution in [0.3, 0.4) is 0 Å². The third-order valence-electron chi connectivity index (χ3n) is 0.828. The quantitative estimate of drug-likeness (QED) is 0.349. The average molecular weight is 135 g/mol. The van der Waals surface area contributed by atoms with Gasteiger partial charge in [0.05, 0.1) is 0 Å². The molecule has 0 saturated heterocycles. The van der Waals surface area contributed by atoms with Crippen molar-refractivity contribution in [2.24, 2.45) is 5.92 Å². The third kappa shape index (κ3) is 1.96. The fourth-order valence-electron chi connectivity index (χ4n) is 0.478. The topological polar surface area (TPSA) is 0 Å². The summed E-state index contributed by atoms with van der Waals surface area (Å²) < 4.78 is 0. The summed E-state index contributed by atoms with van der Waals surface area (Å²) in [5, 5.41) is 0. The van der Waals surface area contributed by atoms with Gasteiger partial charge in [-0.05, 0) is 0 Å². The summed E-state index contributed by atoms with van der Waals surface area (Å²) in [7, 11) is 0. The molecule has 0 aromatic heterocycles. The molecule has 0 heterocycles. The molecule has 0 amide bonds. The maximum atomic E-state index is 3.76. The minimum atomic E-state index is 0. The first-order valence-corrected chi connectivity index (χ1v) is 2.07. The molecule has 1 rings (SSSR count). The van der Waals surface area contributed by atoms with E-state index in [1.54, 1.807) is 0 Å². The van der Waals surface area contributed by atoms with Crippen molar-refractivity contribution >= 4 is 0 Å². The SMILES string of the molecule is [CH2-]C1C=CC=C1.[Fe]. The predicted molar refractivity (Wildman–Crippen MR) is 27.1 cm³/mol. The monoisotopic (exact) mass is 135 g/mol. The van der Waals surface area contributed by atoms with E-state index in [2.05, 4.69) is 19.1 Å². The van der Waals surface area contributed by atoms with Gasteiger partial charge in [-0.15, -0.1) is 18.1 Å². The van der Waals surface area contributed by atoms with Crippen molar-refractivity contribution in [1.29, 1.82) is 0 Å². The first kappa shape index (κ1) is 7.00. The van der Waals surface area contributed by atoms with Crippen LogP contribution in [0.1, 0.15) is 0 Å². The number of allylic oxidation sites excluding steroid dienone is 4. The maximum Gasteiger partial charge on any atom is 0 e. The molecule has 0 radical (unpaired) electrons. The normalized spacial score (nSPS) is 17.3. The van der Waals surface area contributed by atoms with E-state index in [0.717, 1.165) is 0 Å². The summed E-state index contributed by atoms with van der Waals surface area (Å²) >= 11 is 0. The summed E-state index contributed by atoms with van der Waals surface area (Å²) in [5.74, 6) is 0.435. The van der Waals surface area contributed by atoms with E-state index in [1.807, 2.05) is 12.2 Å². The van der Waals surface area contributed by atoms with Gasteiger partial charge in [0.15, 0.2) is 0 Å². The number of rotatable bonds is 0. The summed E-state index contributed by atoms with van der Waals surface area (Å²) in [6, 6.07) is 0. The van der Waals surface area contributed by atoms with Gasteiger partial charge in [0, 0.05) is 17.1 Å². The second kappa shape index (κ2) is 3.06. The smallest absolute Gasteiger partial charge is 0 e. The van der Waals surface area contributed by atoms with Crippen molar-refractivity contribution in [3.8, 4) is 0 Å². The Balaban J connectivity index is 0.000000360. The van der Waals surface area contributed by atoms with Crippen LogP contribution in [-0.4, -0.2) is 0 Å². The van der Waals surface area contributed by atoms with E-state index < -0.39 is 0 Å². The van der Waals surface area contributed by atoms with Crippen LogP contribution in [0.4, 0.5) is 0 Å². The molecule has 0 spiro atoms. The summed E-state index contributed by atoms with van der Waals surface area (Å²) in [6.07, 6.45) is 8.13. The summed E-state index contributed by atoms with van der Waals surface area (Å²) in [6.45, 7) is 3.76. The van der Waals surface area contributed by atoms with Crippen molar-refractivity contribution < 1.29 is 17.1 Å². The average Bonchev–Trinajstić information content (AvgIpc) is 1.86. The van der Waals surface area contributed by atoms with Gasteiger partial charge in [-0.3, -0.25) is 0 Å². The second-order valence-electron chi connectivity index (χ2n) is 1.43. The van der Waals surface area contributed by atoms with Crippen LogP contribution in [-0.2, 0) is 17.1 Å². The molecule has 0 bridgehead atoms. The Labute approximate surface area is 54.8 Å². The van der Waals surface area contributed by atoms with Gasteiger partial charge in [0.2, 0.25) is 0 Å². The first-order chi connectivity index (χ1) is 2.89. The summed E-state index contributed by atoms with van der Waals surface area (Å²) in [5.41, 5.74) is 0. The minimum Gasteiger partial charge on any atom is -0.333 e. The molecule has 7 heavy (non-hydrogen) atoms. The molecule has 0 nitrogen and oxygen atoms in total. The van der Waals surface area contributed by atoms with Gasteiger partial charge in [0.25, 0.3) is 0 Å². The van der Waals surface area contributed by atoms with E-state index in [1.165, 1.54) is 0 Å². The zero-order valence-corrected chi connectivity index (χ0v) is 5.05. The van der Waals surface area contributed by atoms with Crippen molar-refractivity contribution in [3.63, 3.8) is 0 Å². The molecular weight excluding hydrogens is 128 g/mol. The maximum absolute atomic E-state index is 3.76. The van der Waals surface area contributed by atoms with E-state index in [4.69, 9.17) is 0 Å². The Hall–Kier alpha value is -0.000519. The zero-order valence-electron chi connectivity index (χ0n) is 3.95. The predicted octanol–water partition coefficient (Wildman–Crippen LogP) is 1.56. The molecule has 0 fully saturated rings. The Bertz CT molecular complexity index is 80.4. The van der Waals surface area contributed by atoms with Crippen LogP contribution < -0.4 is 0 Å². The Morgan fingerprint density at radius 2 is 1.57 bits per heavy atom. The van der Waals surface area contributed by atoms with Crippen molar-refractivity contribution in [2.45, 2.75) is 0 Å². The van der Waals surface area contributed by atoms with E-state index in [-0.39, 0.29) is 17.1 Å². The standard InChI is InChI=1S/C6H7.Fe/c1-6-4-2-3-5-6;/h2-6H,1H2;/q-1;. The van der Waals surface area contributed by atoms with Gasteiger partial charge >= 0.3 is 0 Å². The summed E-state index contributed by atoms with van der Waals surface area (Å²) in [4.78, 5) is 0. The number of hydrogen-bond donors (Lipinski definition) is 0. The van der Waals surface area contributed by atoms with Crippen LogP contribution >= 0.6 is 0 Å². The van der Waals surface area contributed by atoms with Crippen molar-refractivity contribution in [1.82, 2.24) is 0 Å². The molecule has 0 N–H and O–H groups in total. The second-order valence-corrected chi connectivity index (χ2v) is 1.43. The van der Waals surface area contributed by atoms with Gasteiger partial charge in [-0.2, -0.15) is 0 Å². The van der Waals surface area contributed by atoms with Crippen LogP contribution in [0.15, 0.2) is 24.3 Å². The fraction of sp³-hybridized carbons (Fsp3) is 0.167. The number of hydrogen-bond acceptors (Lipinski definition) is 0. The molecule has 0 unspecified atom stereocenters. The molecule has 40 valence electrons. The molecule has 1 heteroatoms. The van der Waals surface area contributed by atoms with E-state index in [0.29, 0.717) is 5.92 Å². The Kier molecular flexibility index (Phi) is 3.06. The van der Waals surface area contributed by atoms with Crippen LogP contribution in [0.2, 0.25) is 0 Å². The molecule has 0 aromatic rings. The van der Waals surface area contributed by atoms with Crippen molar-refractivity contribution in [2.75, 3.05) is 0 Å². The zero-order chi connectivity index (χ0) is 4.41. The molecule has 1 aliphatic carbocycles. The Morgan fingerprint density at radius 1 is 1.14 bits per heavy atom. The molecule has 0 aromatic carbocycles. The van der Waals surface area contributed by atoms with Gasteiger partial charge < -0.3 is 6.92 Å². The minimum absolute atomic E-state index is 0. The first-order valence-electron chi connectivity index (χ1n) is 2.07. The van der Waals surface area contributed by atoms with E-state index >= 15 is 0 Å². The van der Waals surface area contributed by atoms with Crippen LogP contribution in [0, 0.1) is 12.8 Å². The Morgan fingerprint density at radius 3 is 1.71 bits per heavy atom. The largest absolute Gasteiger partial charge is 0.333 e. The van der Waals surface area contributed by atoms with E-state index in [9.17, 15) is 0 Å². The van der Waals surface area contributed by atoms with Crippen molar-refractivity contribution in [3.05, 3.63) is 31.2 Å². The molecule has 0 saturated carbocycles. The molecule has 0 aliphatic heterocycles. The van der Waals surface area contributed by atoms with Gasteiger partial charge in [-0.1, -0.05) is 12.2 Å². The van der Waals surface area contributed by atoms with Crippen LogP contribution in [0.25, 0.3) is 0 Å². The van der Waals surface area contributed by atoms with Gasteiger partial charge in [-0.25, -0.2) is 0 Å². The fourth-order valence-corrected chi connectivity index (χ4v) is 0.478. The third-order valence-corrected chi connectivity index (χ3v) is 0.828. The van der Waals surface area contributed by atoms with Crippen LogP contribution in [0.5, 0.6) is 0 Å². The molecular formula is C6H7Fe-.